The fourth-order valence-electron chi connectivity index (χ4n) is 2.71. The minimum absolute atomic E-state index is 0.230. The van der Waals surface area contributed by atoms with Crippen molar-refractivity contribution < 1.29 is 22.7 Å². The van der Waals surface area contributed by atoms with Crippen molar-refractivity contribution >= 4 is 17.6 Å². The molecule has 1 atom stereocenters. The smallest absolute Gasteiger partial charge is 0.243 e. The van der Waals surface area contributed by atoms with Gasteiger partial charge in [0.15, 0.2) is 23.4 Å². The van der Waals surface area contributed by atoms with Crippen LogP contribution in [0.15, 0.2) is 41.4 Å². The fraction of sp³-hybridized carbons (Fsp3) is 0.333. The maximum Gasteiger partial charge on any atom is 0.243 e. The third kappa shape index (κ3) is 6.40. The molecule has 0 aliphatic carbocycles. The summed E-state index contributed by atoms with van der Waals surface area (Å²) in [6, 6.07) is 9.55. The number of ether oxygens (including phenoxy) is 1. The van der Waals surface area contributed by atoms with Crippen molar-refractivity contribution in [2.75, 3.05) is 32.6 Å². The highest BCUT2D eigenvalue weighted by Gasteiger charge is 2.15. The molecule has 0 aliphatic heterocycles. The first-order valence-corrected chi connectivity index (χ1v) is 9.37. The average molecular weight is 422 g/mol. The quantitative estimate of drug-likeness (QED) is 0.346. The Morgan fingerprint density at radius 1 is 1.07 bits per heavy atom. The number of halogens is 3. The number of carbonyl (C=O) groups excluding carboxylic acids is 1. The van der Waals surface area contributed by atoms with Crippen LogP contribution in [0.1, 0.15) is 24.8 Å². The lowest BCUT2D eigenvalue weighted by Crippen LogP contribution is -2.42. The van der Waals surface area contributed by atoms with Gasteiger partial charge in [-0.25, -0.2) is 13.2 Å². The lowest BCUT2D eigenvalue weighted by molar-refractivity contribution is -0.115. The summed E-state index contributed by atoms with van der Waals surface area (Å²) in [6.45, 7) is 2.47. The Bertz CT molecular complexity index is 889. The maximum absolute atomic E-state index is 13.6. The number of carbonyl (C=O) groups is 1. The molecule has 0 bridgehead atoms. The molecule has 9 heteroatoms. The molecular formula is C21H25F3N4O2. The van der Waals surface area contributed by atoms with Crippen LogP contribution in [0.4, 0.5) is 18.9 Å². The zero-order valence-corrected chi connectivity index (χ0v) is 17.1. The molecule has 3 N–H and O–H groups in total. The van der Waals surface area contributed by atoms with Crippen molar-refractivity contribution in [2.24, 2.45) is 4.99 Å². The van der Waals surface area contributed by atoms with Crippen LogP contribution in [0, 0.1) is 17.5 Å². The van der Waals surface area contributed by atoms with Gasteiger partial charge < -0.3 is 20.7 Å². The van der Waals surface area contributed by atoms with E-state index in [1.54, 1.807) is 14.2 Å². The lowest BCUT2D eigenvalue weighted by atomic mass is 9.98. The van der Waals surface area contributed by atoms with Gasteiger partial charge in [-0.3, -0.25) is 9.79 Å². The van der Waals surface area contributed by atoms with E-state index in [9.17, 15) is 18.0 Å². The van der Waals surface area contributed by atoms with Gasteiger partial charge in [-0.15, -0.1) is 0 Å². The molecule has 30 heavy (non-hydrogen) atoms. The molecule has 1 unspecified atom stereocenters. The van der Waals surface area contributed by atoms with E-state index < -0.39 is 29.0 Å². The average Bonchev–Trinajstić information content (AvgIpc) is 2.76. The zero-order chi connectivity index (χ0) is 22.1. The highest BCUT2D eigenvalue weighted by Crippen LogP contribution is 2.21. The first kappa shape index (κ1) is 23.1. The van der Waals surface area contributed by atoms with Crippen molar-refractivity contribution in [2.45, 2.75) is 19.3 Å². The second kappa shape index (κ2) is 11.1. The molecule has 2 rings (SSSR count). The predicted molar refractivity (Wildman–Crippen MR) is 110 cm³/mol. The van der Waals surface area contributed by atoms with Crippen LogP contribution >= 0.6 is 0 Å². The summed E-state index contributed by atoms with van der Waals surface area (Å²) in [4.78, 5) is 16.0. The molecule has 0 saturated carbocycles. The minimum atomic E-state index is -1.63. The number of hydrogen-bond donors (Lipinski definition) is 3. The first-order chi connectivity index (χ1) is 14.3. The molecule has 6 nitrogen and oxygen atoms in total. The predicted octanol–water partition coefficient (Wildman–Crippen LogP) is 3.41. The van der Waals surface area contributed by atoms with Crippen molar-refractivity contribution in [3.8, 4) is 5.75 Å². The molecule has 0 spiro atoms. The summed E-state index contributed by atoms with van der Waals surface area (Å²) in [7, 11) is 3.17. The highest BCUT2D eigenvalue weighted by atomic mass is 19.2. The third-order valence-corrected chi connectivity index (χ3v) is 4.50. The fourth-order valence-corrected chi connectivity index (χ4v) is 2.71. The standard InChI is InChI=1S/C21H25F3N4O2/c1-13(14-4-6-15(30-3)7-5-14)10-11-26-21(25-2)27-12-18(29)28-17-9-8-16(22)19(23)20(17)24/h4-9,13H,10-12H2,1-3H3,(H,28,29)(H2,25,26,27). The molecule has 2 aromatic rings. The number of rotatable bonds is 8. The number of aliphatic imine (C=N–C) groups is 1. The Balaban J connectivity index is 1.77. The SMILES string of the molecule is CN=C(NCCC(C)c1ccc(OC)cc1)NCC(=O)Nc1ccc(F)c(F)c1F. The van der Waals surface area contributed by atoms with Gasteiger partial charge in [0.25, 0.3) is 0 Å². The molecule has 2 aromatic carbocycles. The molecule has 1 amide bonds. The normalized spacial score (nSPS) is 12.3. The first-order valence-electron chi connectivity index (χ1n) is 9.37. The monoisotopic (exact) mass is 422 g/mol. The topological polar surface area (TPSA) is 74.8 Å². The molecule has 162 valence electrons. The van der Waals surface area contributed by atoms with Gasteiger partial charge in [0.1, 0.15) is 5.75 Å². The number of hydrogen-bond acceptors (Lipinski definition) is 3. The second-order valence-corrected chi connectivity index (χ2v) is 6.59. The summed E-state index contributed by atoms with van der Waals surface area (Å²) < 4.78 is 44.9. The number of anilines is 1. The van der Waals surface area contributed by atoms with Crippen LogP contribution in [0.2, 0.25) is 0 Å². The number of guanidine groups is 1. The maximum atomic E-state index is 13.6. The summed E-state index contributed by atoms with van der Waals surface area (Å²) in [5, 5.41) is 8.06. The van der Waals surface area contributed by atoms with E-state index in [4.69, 9.17) is 4.74 Å². The molecule has 0 heterocycles. The Kier molecular flexibility index (Phi) is 8.52. The lowest BCUT2D eigenvalue weighted by Gasteiger charge is -2.15. The largest absolute Gasteiger partial charge is 0.497 e. The van der Waals surface area contributed by atoms with Gasteiger partial charge in [0.2, 0.25) is 5.91 Å². The Labute approximate surface area is 173 Å². The van der Waals surface area contributed by atoms with Crippen molar-refractivity contribution in [1.82, 2.24) is 10.6 Å². The third-order valence-electron chi connectivity index (χ3n) is 4.50. The Morgan fingerprint density at radius 3 is 2.40 bits per heavy atom. The van der Waals surface area contributed by atoms with E-state index in [0.29, 0.717) is 18.4 Å². The Morgan fingerprint density at radius 2 is 1.77 bits per heavy atom. The summed E-state index contributed by atoms with van der Waals surface area (Å²) in [5.74, 6) is -3.55. The molecular weight excluding hydrogens is 397 g/mol. The van der Waals surface area contributed by atoms with Gasteiger partial charge in [-0.2, -0.15) is 0 Å². The van der Waals surface area contributed by atoms with Crippen LogP contribution in [0.25, 0.3) is 0 Å². The molecule has 0 fully saturated rings. The Hall–Kier alpha value is -3.23. The van der Waals surface area contributed by atoms with Gasteiger partial charge in [0.05, 0.1) is 19.3 Å². The number of nitrogens with one attached hydrogen (secondary N) is 3. The zero-order valence-electron chi connectivity index (χ0n) is 17.1. The van der Waals surface area contributed by atoms with Gasteiger partial charge >= 0.3 is 0 Å². The summed E-state index contributed by atoms with van der Waals surface area (Å²) in [5.41, 5.74) is 0.741. The highest BCUT2D eigenvalue weighted by molar-refractivity contribution is 5.95. The van der Waals surface area contributed by atoms with E-state index in [2.05, 4.69) is 27.9 Å². The second-order valence-electron chi connectivity index (χ2n) is 6.59. The number of benzene rings is 2. The van der Waals surface area contributed by atoms with Crippen LogP contribution in [-0.2, 0) is 4.79 Å². The summed E-state index contributed by atoms with van der Waals surface area (Å²) >= 11 is 0. The van der Waals surface area contributed by atoms with E-state index in [-0.39, 0.29) is 6.54 Å². The minimum Gasteiger partial charge on any atom is -0.497 e. The van der Waals surface area contributed by atoms with E-state index in [0.717, 1.165) is 24.3 Å². The van der Waals surface area contributed by atoms with E-state index in [1.807, 2.05) is 24.3 Å². The van der Waals surface area contributed by atoms with E-state index in [1.165, 1.54) is 5.56 Å². The van der Waals surface area contributed by atoms with Gasteiger partial charge in [-0.05, 0) is 42.2 Å². The van der Waals surface area contributed by atoms with Crippen LogP contribution < -0.4 is 20.7 Å². The summed E-state index contributed by atoms with van der Waals surface area (Å²) in [6.07, 6.45) is 0.819. The van der Waals surface area contributed by atoms with E-state index >= 15 is 0 Å². The molecule has 0 radical (unpaired) electrons. The number of amides is 1. The van der Waals surface area contributed by atoms with Gasteiger partial charge in [0, 0.05) is 13.6 Å². The molecule has 0 aromatic heterocycles. The van der Waals surface area contributed by atoms with Crippen molar-refractivity contribution in [3.05, 3.63) is 59.4 Å². The molecule has 0 aliphatic rings. The van der Waals surface area contributed by atoms with Crippen molar-refractivity contribution in [1.29, 1.82) is 0 Å². The van der Waals surface area contributed by atoms with Crippen molar-refractivity contribution in [3.63, 3.8) is 0 Å². The number of methoxy groups -OCH3 is 1. The van der Waals surface area contributed by atoms with Crippen LogP contribution in [-0.4, -0.2) is 39.1 Å². The molecule has 0 saturated heterocycles. The number of nitrogens with zero attached hydrogens (tertiary/aromatic N) is 1. The van der Waals surface area contributed by atoms with Crippen LogP contribution in [0.3, 0.4) is 0 Å². The van der Waals surface area contributed by atoms with Gasteiger partial charge in [-0.1, -0.05) is 19.1 Å². The van der Waals surface area contributed by atoms with Crippen LogP contribution in [0.5, 0.6) is 5.75 Å².